The van der Waals surface area contributed by atoms with Crippen molar-refractivity contribution in [2.75, 3.05) is 7.11 Å². The van der Waals surface area contributed by atoms with Gasteiger partial charge in [0.25, 0.3) is 0 Å². The fourth-order valence-corrected chi connectivity index (χ4v) is 3.64. The van der Waals surface area contributed by atoms with Crippen LogP contribution >= 0.6 is 11.8 Å². The van der Waals surface area contributed by atoms with Gasteiger partial charge in [0, 0.05) is 29.9 Å². The lowest BCUT2D eigenvalue weighted by Crippen LogP contribution is -2.16. The minimum atomic E-state index is -0.700. The number of aromatic hydroxyl groups is 1. The van der Waals surface area contributed by atoms with Gasteiger partial charge in [-0.3, -0.25) is 14.3 Å². The molecule has 0 unspecified atom stereocenters. The van der Waals surface area contributed by atoms with Crippen LogP contribution in [0.2, 0.25) is 0 Å². The number of ether oxygens (including phenoxy) is 1. The van der Waals surface area contributed by atoms with E-state index in [1.807, 2.05) is 30.3 Å². The van der Waals surface area contributed by atoms with Gasteiger partial charge in [0.05, 0.1) is 25.2 Å². The zero-order valence-electron chi connectivity index (χ0n) is 15.5. The molecule has 1 N–H and O–H groups in total. The summed E-state index contributed by atoms with van der Waals surface area (Å²) in [6.45, 7) is 0. The molecule has 0 amide bonds. The zero-order chi connectivity index (χ0) is 20.1. The van der Waals surface area contributed by atoms with Crippen molar-refractivity contribution < 1.29 is 19.1 Å². The highest BCUT2D eigenvalue weighted by Gasteiger charge is 2.28. The summed E-state index contributed by atoms with van der Waals surface area (Å²) in [5, 5.41) is 14.5. The Morgan fingerprint density at radius 3 is 2.71 bits per heavy atom. The first kappa shape index (κ1) is 19.8. The molecule has 0 bridgehead atoms. The van der Waals surface area contributed by atoms with E-state index < -0.39 is 23.1 Å². The predicted octanol–water partition coefficient (Wildman–Crippen LogP) is 3.07. The van der Waals surface area contributed by atoms with E-state index in [2.05, 4.69) is 5.10 Å². The Morgan fingerprint density at radius 1 is 1.32 bits per heavy atom. The number of hydrogen-bond donors (Lipinski definition) is 1. The Balaban J connectivity index is 1.97. The summed E-state index contributed by atoms with van der Waals surface area (Å²) in [5.74, 6) is -0.855. The highest BCUT2D eigenvalue weighted by Crippen LogP contribution is 2.34. The van der Waals surface area contributed by atoms with Crippen molar-refractivity contribution in [3.63, 3.8) is 0 Å². The van der Waals surface area contributed by atoms with Crippen molar-refractivity contribution in [3.05, 3.63) is 76.1 Å². The number of carbonyl (C=O) groups excluding carboxylic acids is 1. The van der Waals surface area contributed by atoms with Gasteiger partial charge in [-0.05, 0) is 18.2 Å². The summed E-state index contributed by atoms with van der Waals surface area (Å²) in [6, 6.07) is 12.7. The van der Waals surface area contributed by atoms with Gasteiger partial charge in [-0.15, -0.1) is 11.8 Å². The van der Waals surface area contributed by atoms with Crippen molar-refractivity contribution in [3.8, 4) is 5.75 Å². The third kappa shape index (κ3) is 4.45. The molecule has 7 nitrogen and oxygen atoms in total. The topological polar surface area (TPSA) is 94.6 Å². The maximum absolute atomic E-state index is 12.3. The summed E-state index contributed by atoms with van der Waals surface area (Å²) in [4.78, 5) is 25.3. The number of rotatable bonds is 7. The highest BCUT2D eigenvalue weighted by molar-refractivity contribution is 7.98. The lowest BCUT2D eigenvalue weighted by atomic mass is 9.97. The average molecular weight is 400 g/mol. The van der Waals surface area contributed by atoms with Gasteiger partial charge < -0.3 is 14.3 Å². The van der Waals surface area contributed by atoms with Crippen LogP contribution in [-0.4, -0.2) is 28.0 Å². The third-order valence-electron chi connectivity index (χ3n) is 4.26. The van der Waals surface area contributed by atoms with Crippen molar-refractivity contribution in [2.24, 2.45) is 7.05 Å². The van der Waals surface area contributed by atoms with Gasteiger partial charge in [-0.2, -0.15) is 5.10 Å². The largest absolute Gasteiger partial charge is 0.502 e. The number of esters is 1. The van der Waals surface area contributed by atoms with Gasteiger partial charge >= 0.3 is 5.97 Å². The Labute approximate surface area is 166 Å². The second-order valence-corrected chi connectivity index (χ2v) is 7.15. The van der Waals surface area contributed by atoms with Crippen LogP contribution in [0, 0.1) is 0 Å². The highest BCUT2D eigenvalue weighted by atomic mass is 32.2. The number of nitrogens with zero attached hydrogens (tertiary/aromatic N) is 2. The van der Waals surface area contributed by atoms with E-state index in [4.69, 9.17) is 9.15 Å². The molecular weight excluding hydrogens is 380 g/mol. The molecule has 0 saturated heterocycles. The Morgan fingerprint density at radius 2 is 2.07 bits per heavy atom. The van der Waals surface area contributed by atoms with Crippen LogP contribution < -0.4 is 5.43 Å². The number of aryl methyl sites for hydroxylation is 1. The lowest BCUT2D eigenvalue weighted by molar-refractivity contribution is -0.141. The SMILES string of the molecule is COC(=O)C[C@@H](c1oc(CSc2ccccc2)cc(=O)c1O)c1ccnn1C. The van der Waals surface area contributed by atoms with Gasteiger partial charge in [0.15, 0.2) is 5.76 Å². The summed E-state index contributed by atoms with van der Waals surface area (Å²) in [7, 11) is 3.00. The monoisotopic (exact) mass is 400 g/mol. The third-order valence-corrected chi connectivity index (χ3v) is 5.29. The molecule has 0 spiro atoms. The van der Waals surface area contributed by atoms with Crippen LogP contribution in [0.15, 0.2) is 62.8 Å². The molecule has 0 aliphatic rings. The minimum Gasteiger partial charge on any atom is -0.502 e. The predicted molar refractivity (Wildman–Crippen MR) is 104 cm³/mol. The fourth-order valence-electron chi connectivity index (χ4n) is 2.84. The molecule has 8 heteroatoms. The molecule has 2 aromatic heterocycles. The number of methoxy groups -OCH3 is 1. The normalized spacial score (nSPS) is 11.9. The van der Waals surface area contributed by atoms with Crippen LogP contribution in [0.25, 0.3) is 0 Å². The summed E-state index contributed by atoms with van der Waals surface area (Å²) in [6.07, 6.45) is 1.48. The van der Waals surface area contributed by atoms with E-state index in [0.717, 1.165) is 4.90 Å². The summed E-state index contributed by atoms with van der Waals surface area (Å²) in [5.41, 5.74) is 0.0682. The van der Waals surface area contributed by atoms with Crippen molar-refractivity contribution in [1.29, 1.82) is 0 Å². The Bertz CT molecular complexity index is 1010. The molecule has 3 aromatic rings. The second-order valence-electron chi connectivity index (χ2n) is 6.10. The van der Waals surface area contributed by atoms with E-state index in [1.165, 1.54) is 24.9 Å². The lowest BCUT2D eigenvalue weighted by Gasteiger charge is -2.17. The van der Waals surface area contributed by atoms with Gasteiger partial charge in [-0.1, -0.05) is 18.2 Å². The number of thioether (sulfide) groups is 1. The van der Waals surface area contributed by atoms with Gasteiger partial charge in [0.1, 0.15) is 5.76 Å². The summed E-state index contributed by atoms with van der Waals surface area (Å²) >= 11 is 1.50. The van der Waals surface area contributed by atoms with E-state index in [9.17, 15) is 14.7 Å². The maximum Gasteiger partial charge on any atom is 0.306 e. The molecule has 1 aromatic carbocycles. The van der Waals surface area contributed by atoms with Crippen molar-refractivity contribution >= 4 is 17.7 Å². The first-order chi connectivity index (χ1) is 13.5. The fraction of sp³-hybridized carbons (Fsp3) is 0.250. The molecule has 1 atom stereocenters. The number of carbonyl (C=O) groups is 1. The van der Waals surface area contributed by atoms with E-state index >= 15 is 0 Å². The Hall–Kier alpha value is -3.00. The number of benzene rings is 1. The van der Waals surface area contributed by atoms with Gasteiger partial charge in [-0.25, -0.2) is 0 Å². The van der Waals surface area contributed by atoms with Crippen LogP contribution in [0.5, 0.6) is 5.75 Å². The summed E-state index contributed by atoms with van der Waals surface area (Å²) < 4.78 is 12.2. The van der Waals surface area contributed by atoms with Crippen LogP contribution in [0.3, 0.4) is 0 Å². The first-order valence-corrected chi connectivity index (χ1v) is 9.56. The van der Waals surface area contributed by atoms with Crippen molar-refractivity contribution in [2.45, 2.75) is 23.0 Å². The molecule has 0 saturated carbocycles. The average Bonchev–Trinajstić information content (AvgIpc) is 3.13. The molecule has 0 aliphatic carbocycles. The molecule has 0 fully saturated rings. The van der Waals surface area contributed by atoms with E-state index in [1.54, 1.807) is 24.0 Å². The van der Waals surface area contributed by atoms with Crippen LogP contribution in [0.4, 0.5) is 0 Å². The minimum absolute atomic E-state index is 0.0326. The Kier molecular flexibility index (Phi) is 6.20. The number of hydrogen-bond acceptors (Lipinski definition) is 7. The standard InChI is InChI=1S/C20H20N2O5S/c1-22-16(8-9-21-22)15(11-18(24)26-2)20-19(25)17(23)10-13(27-20)12-28-14-6-4-3-5-7-14/h3-10,15,25H,11-12H2,1-2H3/t15-/m1/s1. The molecule has 28 heavy (non-hydrogen) atoms. The van der Waals surface area contributed by atoms with E-state index in [0.29, 0.717) is 17.2 Å². The zero-order valence-corrected chi connectivity index (χ0v) is 16.3. The van der Waals surface area contributed by atoms with E-state index in [-0.39, 0.29) is 12.2 Å². The first-order valence-electron chi connectivity index (χ1n) is 8.58. The van der Waals surface area contributed by atoms with Gasteiger partial charge in [0.2, 0.25) is 11.2 Å². The molecule has 3 rings (SSSR count). The molecule has 146 valence electrons. The smallest absolute Gasteiger partial charge is 0.306 e. The molecule has 0 radical (unpaired) electrons. The van der Waals surface area contributed by atoms with Crippen LogP contribution in [0.1, 0.15) is 29.6 Å². The molecule has 2 heterocycles. The maximum atomic E-state index is 12.3. The van der Waals surface area contributed by atoms with Crippen LogP contribution in [-0.2, 0) is 22.3 Å². The molecule has 0 aliphatic heterocycles. The quantitative estimate of drug-likeness (QED) is 0.481. The second kappa shape index (κ2) is 8.79. The van der Waals surface area contributed by atoms with Crippen molar-refractivity contribution in [1.82, 2.24) is 9.78 Å². The number of aromatic nitrogens is 2. The molecular formula is C20H20N2O5S.